The molecule has 0 fully saturated rings. The number of nitrogens with zero attached hydrogens (tertiary/aromatic N) is 4. The second-order valence-electron chi connectivity index (χ2n) is 3.64. The summed E-state index contributed by atoms with van der Waals surface area (Å²) in [7, 11) is 0. The van der Waals surface area contributed by atoms with E-state index in [4.69, 9.17) is 10.4 Å². The summed E-state index contributed by atoms with van der Waals surface area (Å²) in [4.78, 5) is 11.1. The van der Waals surface area contributed by atoms with Crippen LogP contribution in [0.4, 0.5) is 10.1 Å². The fourth-order valence-corrected chi connectivity index (χ4v) is 1.89. The number of rotatable bonds is 4. The lowest BCUT2D eigenvalue weighted by Crippen LogP contribution is -2.06. The number of halogens is 2. The van der Waals surface area contributed by atoms with Crippen molar-refractivity contribution in [1.29, 1.82) is 5.26 Å². The molecule has 0 saturated carbocycles. The molecule has 0 bridgehead atoms. The van der Waals surface area contributed by atoms with E-state index in [0.717, 1.165) is 6.20 Å². The van der Waals surface area contributed by atoms with E-state index in [9.17, 15) is 9.18 Å². The maximum absolute atomic E-state index is 14.0. The van der Waals surface area contributed by atoms with E-state index in [1.807, 2.05) is 0 Å². The van der Waals surface area contributed by atoms with Crippen LogP contribution in [0.15, 0.2) is 18.3 Å². The molecule has 0 spiro atoms. The minimum Gasteiger partial charge on any atom is -0.478 e. The van der Waals surface area contributed by atoms with Gasteiger partial charge in [-0.3, -0.25) is 0 Å². The zero-order chi connectivity index (χ0) is 15.4. The van der Waals surface area contributed by atoms with Crippen LogP contribution in [-0.4, -0.2) is 31.7 Å². The van der Waals surface area contributed by atoms with Crippen LogP contribution in [0.5, 0.6) is 0 Å². The van der Waals surface area contributed by atoms with Crippen molar-refractivity contribution in [2.75, 3.05) is 5.32 Å². The minimum atomic E-state index is -1.29. The van der Waals surface area contributed by atoms with Crippen molar-refractivity contribution in [2.24, 2.45) is 0 Å². The lowest BCUT2D eigenvalue weighted by atomic mass is 10.1. The van der Waals surface area contributed by atoms with Gasteiger partial charge >= 0.3 is 5.97 Å². The number of nitriles is 1. The number of carbonyl (C=O) groups is 1. The quantitative estimate of drug-likeness (QED) is 0.526. The maximum Gasteiger partial charge on any atom is 0.337 e. The summed E-state index contributed by atoms with van der Waals surface area (Å²) in [6.45, 7) is 0. The number of tetrazole rings is 1. The fraction of sp³-hybridized carbons (Fsp3) is 0. The Bertz CT molecular complexity index is 753. The number of hydrogen-bond acceptors (Lipinski definition) is 6. The third-order valence-electron chi connectivity index (χ3n) is 2.39. The smallest absolute Gasteiger partial charge is 0.337 e. The summed E-state index contributed by atoms with van der Waals surface area (Å²) in [6, 6.07) is 4.41. The zero-order valence-electron chi connectivity index (χ0n) is 10.1. The first-order chi connectivity index (χ1) is 10.0. The Balaban J connectivity index is 2.42. The van der Waals surface area contributed by atoms with Crippen LogP contribution in [0.2, 0.25) is 0 Å². The Labute approximate surface area is 130 Å². The van der Waals surface area contributed by atoms with Gasteiger partial charge in [-0.2, -0.15) is 10.5 Å². The Morgan fingerprint density at radius 3 is 2.90 bits per heavy atom. The van der Waals surface area contributed by atoms with E-state index in [1.54, 1.807) is 28.7 Å². The van der Waals surface area contributed by atoms with E-state index in [-0.39, 0.29) is 26.2 Å². The summed E-state index contributed by atoms with van der Waals surface area (Å²) in [5.41, 5.74) is -0.529. The summed E-state index contributed by atoms with van der Waals surface area (Å²) >= 11 is 1.73. The molecule has 0 aliphatic rings. The molecule has 0 unspecified atom stereocenters. The first-order valence-electron chi connectivity index (χ1n) is 5.36. The van der Waals surface area contributed by atoms with Crippen LogP contribution in [0.3, 0.4) is 0 Å². The zero-order valence-corrected chi connectivity index (χ0v) is 12.3. The Morgan fingerprint density at radius 2 is 2.33 bits per heavy atom. The third-order valence-corrected chi connectivity index (χ3v) is 3.23. The van der Waals surface area contributed by atoms with Crippen molar-refractivity contribution in [3.05, 3.63) is 39.1 Å². The predicted octanol–water partition coefficient (Wildman–Crippen LogP) is 1.62. The van der Waals surface area contributed by atoms with Gasteiger partial charge in [-0.15, -0.1) is 10.2 Å². The van der Waals surface area contributed by atoms with Crippen LogP contribution in [0.25, 0.3) is 5.57 Å². The molecule has 1 aromatic heterocycles. The van der Waals surface area contributed by atoms with Gasteiger partial charge < -0.3 is 10.4 Å². The number of aromatic amines is 1. The van der Waals surface area contributed by atoms with Crippen molar-refractivity contribution in [3.8, 4) is 6.07 Å². The van der Waals surface area contributed by atoms with Gasteiger partial charge in [0.1, 0.15) is 11.6 Å². The summed E-state index contributed by atoms with van der Waals surface area (Å²) in [5, 5.41) is 33.2. The van der Waals surface area contributed by atoms with Crippen LogP contribution < -0.4 is 5.32 Å². The average molecular weight is 400 g/mol. The number of aromatic nitrogens is 4. The van der Waals surface area contributed by atoms with Crippen LogP contribution in [0, 0.1) is 20.7 Å². The number of aromatic carboxylic acids is 1. The highest BCUT2D eigenvalue weighted by molar-refractivity contribution is 14.1. The van der Waals surface area contributed by atoms with Crippen LogP contribution in [-0.2, 0) is 0 Å². The van der Waals surface area contributed by atoms with Crippen molar-refractivity contribution >= 4 is 39.8 Å². The van der Waals surface area contributed by atoms with Crippen LogP contribution >= 0.6 is 22.6 Å². The van der Waals surface area contributed by atoms with Crippen molar-refractivity contribution in [2.45, 2.75) is 0 Å². The summed E-state index contributed by atoms with van der Waals surface area (Å²) in [5.74, 6) is -2.01. The lowest BCUT2D eigenvalue weighted by molar-refractivity contribution is 0.0697. The Morgan fingerprint density at radius 1 is 1.57 bits per heavy atom. The Hall–Kier alpha value is -2.55. The molecule has 2 rings (SSSR count). The number of allylic oxidation sites excluding steroid dienone is 1. The van der Waals surface area contributed by atoms with E-state index < -0.39 is 11.8 Å². The van der Waals surface area contributed by atoms with Gasteiger partial charge in [-0.05, 0) is 39.9 Å². The van der Waals surface area contributed by atoms with Crippen molar-refractivity contribution in [1.82, 2.24) is 20.6 Å². The van der Waals surface area contributed by atoms with Crippen LogP contribution in [0.1, 0.15) is 16.2 Å². The number of anilines is 1. The summed E-state index contributed by atoms with van der Waals surface area (Å²) < 4.78 is 14.3. The molecule has 1 aromatic carbocycles. The average Bonchev–Trinajstić information content (AvgIpc) is 2.97. The molecule has 10 heteroatoms. The Kier molecular flexibility index (Phi) is 4.43. The molecule has 0 radical (unpaired) electrons. The second-order valence-corrected chi connectivity index (χ2v) is 4.80. The molecule has 2 aromatic rings. The molecular formula is C11H6FIN6O2. The number of hydrogen-bond donors (Lipinski definition) is 3. The molecule has 1 heterocycles. The number of H-pyrrole nitrogens is 1. The van der Waals surface area contributed by atoms with Gasteiger partial charge in [0, 0.05) is 6.20 Å². The predicted molar refractivity (Wildman–Crippen MR) is 77.5 cm³/mol. The number of nitrogens with one attached hydrogen (secondary N) is 2. The molecule has 0 amide bonds. The molecule has 0 atom stereocenters. The van der Waals surface area contributed by atoms with Crippen molar-refractivity contribution in [3.63, 3.8) is 0 Å². The summed E-state index contributed by atoms with van der Waals surface area (Å²) in [6.07, 6.45) is 1.12. The second kappa shape index (κ2) is 6.27. The van der Waals surface area contributed by atoms with Gasteiger partial charge in [-0.1, -0.05) is 0 Å². The highest BCUT2D eigenvalue weighted by atomic mass is 127. The van der Waals surface area contributed by atoms with Gasteiger partial charge in [0.05, 0.1) is 14.8 Å². The van der Waals surface area contributed by atoms with E-state index in [1.165, 1.54) is 12.1 Å². The van der Waals surface area contributed by atoms with E-state index in [2.05, 4.69) is 25.9 Å². The lowest BCUT2D eigenvalue weighted by Gasteiger charge is -2.08. The van der Waals surface area contributed by atoms with Gasteiger partial charge in [0.25, 0.3) is 0 Å². The largest absolute Gasteiger partial charge is 0.478 e. The first-order valence-corrected chi connectivity index (χ1v) is 6.44. The standard InChI is InChI=1S/C11H6FIN6O2/c12-8-7(13)2-1-6(11(20)21)9(8)15-4-5(3-14)10-16-18-19-17-10/h1-2,4,15H,(H,20,21)(H,16,17,18,19). The molecule has 0 saturated heterocycles. The fourth-order valence-electron chi connectivity index (χ4n) is 1.44. The van der Waals surface area contributed by atoms with E-state index in [0.29, 0.717) is 0 Å². The molecule has 3 N–H and O–H groups in total. The first kappa shape index (κ1) is 14.9. The molecular weight excluding hydrogens is 394 g/mol. The highest BCUT2D eigenvalue weighted by Gasteiger charge is 2.17. The maximum atomic E-state index is 14.0. The van der Waals surface area contributed by atoms with Crippen molar-refractivity contribution < 1.29 is 14.3 Å². The third kappa shape index (κ3) is 3.14. The minimum absolute atomic E-state index is 0.00733. The monoisotopic (exact) mass is 400 g/mol. The topological polar surface area (TPSA) is 128 Å². The van der Waals surface area contributed by atoms with Gasteiger partial charge in [0.15, 0.2) is 5.82 Å². The molecule has 106 valence electrons. The SMILES string of the molecule is N#CC(=CNc1c(C(=O)O)ccc(I)c1F)c1nn[nH]n1. The van der Waals surface area contributed by atoms with E-state index >= 15 is 0 Å². The number of carboxylic acids is 1. The molecule has 8 nitrogen and oxygen atoms in total. The number of carboxylic acid groups (broad SMARTS) is 1. The normalized spacial score (nSPS) is 11.0. The number of benzene rings is 1. The van der Waals surface area contributed by atoms with Gasteiger partial charge in [0.2, 0.25) is 5.82 Å². The molecule has 0 aliphatic heterocycles. The van der Waals surface area contributed by atoms with Gasteiger partial charge in [-0.25, -0.2) is 9.18 Å². The molecule has 0 aliphatic carbocycles. The molecule has 21 heavy (non-hydrogen) atoms. The highest BCUT2D eigenvalue weighted by Crippen LogP contribution is 2.25.